The fraction of sp³-hybridized carbons (Fsp3) is 0.0400. The number of fused-ring (bicyclic) bond motifs is 3. The molecule has 0 radical (unpaired) electrons. The summed E-state index contributed by atoms with van der Waals surface area (Å²) in [6.45, 7) is 0. The average Bonchev–Trinajstić information content (AvgIpc) is 2.80. The summed E-state index contributed by atoms with van der Waals surface area (Å²) in [5, 5.41) is 1.77. The first-order chi connectivity index (χ1) is 15.0. The van der Waals surface area contributed by atoms with Crippen molar-refractivity contribution in [3.05, 3.63) is 99.0 Å². The summed E-state index contributed by atoms with van der Waals surface area (Å²) >= 11 is 14.9. The van der Waals surface area contributed by atoms with Crippen LogP contribution in [0.3, 0.4) is 0 Å². The van der Waals surface area contributed by atoms with Crippen LogP contribution in [-0.4, -0.2) is 18.7 Å². The van der Waals surface area contributed by atoms with Gasteiger partial charge in [-0.05, 0) is 30.3 Å². The van der Waals surface area contributed by atoms with Crippen LogP contribution in [0, 0.1) is 0 Å². The zero-order chi connectivity index (χ0) is 21.7. The van der Waals surface area contributed by atoms with Crippen LogP contribution in [0.4, 0.5) is 0 Å². The molecule has 1 aliphatic carbocycles. The molecule has 3 nitrogen and oxygen atoms in total. The molecule has 0 spiro atoms. The molecule has 152 valence electrons. The summed E-state index contributed by atoms with van der Waals surface area (Å²) in [7, 11) is 1.63. The van der Waals surface area contributed by atoms with Crippen molar-refractivity contribution in [3.63, 3.8) is 0 Å². The molecule has 1 aliphatic rings. The van der Waals surface area contributed by atoms with E-state index in [1.54, 1.807) is 43.1 Å². The van der Waals surface area contributed by atoms with E-state index in [4.69, 9.17) is 27.9 Å². The van der Waals surface area contributed by atoms with Gasteiger partial charge in [-0.2, -0.15) is 0 Å². The van der Waals surface area contributed by atoms with Gasteiger partial charge in [0.1, 0.15) is 5.75 Å². The lowest BCUT2D eigenvalue weighted by molar-refractivity contribution is 0.0979. The molecular formula is C25H14Cl2O3S. The molecule has 0 bridgehead atoms. The van der Waals surface area contributed by atoms with E-state index in [0.717, 1.165) is 15.5 Å². The summed E-state index contributed by atoms with van der Waals surface area (Å²) in [6.07, 6.45) is 0. The van der Waals surface area contributed by atoms with Gasteiger partial charge in [-0.1, -0.05) is 71.4 Å². The minimum Gasteiger partial charge on any atom is -0.497 e. The van der Waals surface area contributed by atoms with Gasteiger partial charge in [0, 0.05) is 31.7 Å². The number of methoxy groups -OCH3 is 1. The van der Waals surface area contributed by atoms with Crippen molar-refractivity contribution in [3.8, 4) is 5.75 Å². The lowest BCUT2D eigenvalue weighted by Gasteiger charge is -2.21. The summed E-state index contributed by atoms with van der Waals surface area (Å²) in [4.78, 5) is 28.3. The van der Waals surface area contributed by atoms with E-state index in [2.05, 4.69) is 0 Å². The SMILES string of the molecule is COc1cccc(Sc2ccc3c(Cl)c4c(c(Cl)c3c2)C(=O)c2ccccc2C4=O)c1. The lowest BCUT2D eigenvalue weighted by atomic mass is 9.82. The zero-order valence-electron chi connectivity index (χ0n) is 16.2. The van der Waals surface area contributed by atoms with Gasteiger partial charge in [0.2, 0.25) is 0 Å². The molecule has 0 N–H and O–H groups in total. The molecule has 0 aliphatic heterocycles. The number of hydrogen-bond donors (Lipinski definition) is 0. The summed E-state index contributed by atoms with van der Waals surface area (Å²) in [5.74, 6) is 0.197. The van der Waals surface area contributed by atoms with Gasteiger partial charge in [-0.15, -0.1) is 0 Å². The third kappa shape index (κ3) is 3.23. The normalized spacial score (nSPS) is 12.6. The van der Waals surface area contributed by atoms with Crippen molar-refractivity contribution in [1.29, 1.82) is 0 Å². The number of carbonyl (C=O) groups excluding carboxylic acids is 2. The van der Waals surface area contributed by atoms with E-state index < -0.39 is 0 Å². The molecule has 0 heterocycles. The molecule has 6 heteroatoms. The first-order valence-electron chi connectivity index (χ1n) is 9.44. The predicted molar refractivity (Wildman–Crippen MR) is 124 cm³/mol. The Kier molecular flexibility index (Phi) is 5.01. The fourth-order valence-electron chi connectivity index (χ4n) is 3.82. The van der Waals surface area contributed by atoms with Crippen molar-refractivity contribution in [1.82, 2.24) is 0 Å². The molecule has 0 aromatic heterocycles. The highest BCUT2D eigenvalue weighted by molar-refractivity contribution is 7.99. The highest BCUT2D eigenvalue weighted by Gasteiger charge is 2.34. The van der Waals surface area contributed by atoms with E-state index in [9.17, 15) is 9.59 Å². The molecule has 5 rings (SSSR count). The van der Waals surface area contributed by atoms with Crippen LogP contribution in [0.2, 0.25) is 10.0 Å². The highest BCUT2D eigenvalue weighted by Crippen LogP contribution is 2.43. The van der Waals surface area contributed by atoms with Crippen LogP contribution in [0.25, 0.3) is 10.8 Å². The van der Waals surface area contributed by atoms with E-state index in [-0.39, 0.29) is 32.7 Å². The molecule has 0 saturated carbocycles. The molecule has 0 atom stereocenters. The molecule has 4 aromatic rings. The van der Waals surface area contributed by atoms with Gasteiger partial charge < -0.3 is 4.74 Å². The van der Waals surface area contributed by atoms with E-state index in [0.29, 0.717) is 21.9 Å². The Hall–Kier alpha value is -2.79. The Balaban J connectivity index is 1.68. The largest absolute Gasteiger partial charge is 0.497 e. The molecular weight excluding hydrogens is 451 g/mol. The van der Waals surface area contributed by atoms with Gasteiger partial charge in [0.15, 0.2) is 11.6 Å². The standard InChI is InChI=1S/C25H14Cl2O3S/c1-30-13-5-4-6-14(11-13)31-15-9-10-16-19(12-15)23(27)21-20(22(16)26)24(28)17-7-2-3-8-18(17)25(21)29/h2-12H,1H3. The lowest BCUT2D eigenvalue weighted by Crippen LogP contribution is -2.22. The second kappa shape index (κ2) is 7.72. The molecule has 0 amide bonds. The minimum atomic E-state index is -0.287. The van der Waals surface area contributed by atoms with Crippen molar-refractivity contribution in [2.45, 2.75) is 9.79 Å². The number of benzene rings is 4. The second-order valence-electron chi connectivity index (χ2n) is 7.07. The molecule has 0 unspecified atom stereocenters. The van der Waals surface area contributed by atoms with Gasteiger partial charge in [0.25, 0.3) is 0 Å². The van der Waals surface area contributed by atoms with Crippen molar-refractivity contribution < 1.29 is 14.3 Å². The quantitative estimate of drug-likeness (QED) is 0.286. The Morgan fingerprint density at radius 1 is 0.710 bits per heavy atom. The topological polar surface area (TPSA) is 43.4 Å². The third-order valence-electron chi connectivity index (χ3n) is 5.30. The van der Waals surface area contributed by atoms with Gasteiger partial charge in [0.05, 0.1) is 28.3 Å². The monoisotopic (exact) mass is 464 g/mol. The Bertz CT molecular complexity index is 1410. The smallest absolute Gasteiger partial charge is 0.196 e. The number of ketones is 2. The predicted octanol–water partition coefficient (Wildman–Crippen LogP) is 7.08. The van der Waals surface area contributed by atoms with E-state index in [1.165, 1.54) is 0 Å². The maximum atomic E-state index is 13.2. The molecule has 4 aromatic carbocycles. The second-order valence-corrected chi connectivity index (χ2v) is 8.97. The molecule has 31 heavy (non-hydrogen) atoms. The number of halogens is 2. The number of rotatable bonds is 3. The summed E-state index contributed by atoms with van der Waals surface area (Å²) < 4.78 is 5.29. The van der Waals surface area contributed by atoms with Gasteiger partial charge in [-0.25, -0.2) is 0 Å². The zero-order valence-corrected chi connectivity index (χ0v) is 18.6. The van der Waals surface area contributed by atoms with E-state index in [1.807, 2.05) is 42.5 Å². The Morgan fingerprint density at radius 2 is 1.32 bits per heavy atom. The number of hydrogen-bond acceptors (Lipinski definition) is 4. The molecule has 0 fully saturated rings. The fourth-order valence-corrected chi connectivity index (χ4v) is 5.41. The average molecular weight is 465 g/mol. The third-order valence-corrected chi connectivity index (χ3v) is 7.06. The van der Waals surface area contributed by atoms with E-state index >= 15 is 0 Å². The van der Waals surface area contributed by atoms with Gasteiger partial charge >= 0.3 is 0 Å². The van der Waals surface area contributed by atoms with Crippen LogP contribution < -0.4 is 4.74 Å². The van der Waals surface area contributed by atoms with Crippen molar-refractivity contribution in [2.75, 3.05) is 7.11 Å². The van der Waals surface area contributed by atoms with Crippen LogP contribution in [0.15, 0.2) is 76.5 Å². The number of ether oxygens (including phenoxy) is 1. The Morgan fingerprint density at radius 3 is 1.97 bits per heavy atom. The van der Waals surface area contributed by atoms with Crippen LogP contribution in [0.1, 0.15) is 31.8 Å². The Labute approximate surface area is 192 Å². The maximum absolute atomic E-state index is 13.2. The number of carbonyl (C=O) groups is 2. The van der Waals surface area contributed by atoms with Crippen LogP contribution >= 0.6 is 35.0 Å². The van der Waals surface area contributed by atoms with Crippen molar-refractivity contribution >= 4 is 57.3 Å². The summed E-state index contributed by atoms with van der Waals surface area (Å²) in [6, 6.07) is 20.1. The maximum Gasteiger partial charge on any atom is 0.196 e. The van der Waals surface area contributed by atoms with Gasteiger partial charge in [-0.3, -0.25) is 9.59 Å². The highest BCUT2D eigenvalue weighted by atomic mass is 35.5. The van der Waals surface area contributed by atoms with Crippen LogP contribution in [-0.2, 0) is 0 Å². The molecule has 0 saturated heterocycles. The summed E-state index contributed by atoms with van der Waals surface area (Å²) in [5.41, 5.74) is 1.05. The minimum absolute atomic E-state index is 0.173. The van der Waals surface area contributed by atoms with Crippen LogP contribution in [0.5, 0.6) is 5.75 Å². The first kappa shape index (κ1) is 20.1. The first-order valence-corrected chi connectivity index (χ1v) is 11.0. The van der Waals surface area contributed by atoms with Crippen molar-refractivity contribution in [2.24, 2.45) is 0 Å².